The Labute approximate surface area is 92.3 Å². The Hall–Kier alpha value is -2.84. The zero-order valence-corrected chi connectivity index (χ0v) is 8.00. The molecule has 0 fully saturated rings. The fourth-order valence-electron chi connectivity index (χ4n) is 1.48. The van der Waals surface area contributed by atoms with E-state index in [1.54, 1.807) is 0 Å². The molecule has 2 amide bonds. The predicted octanol–water partition coefficient (Wildman–Crippen LogP) is 0.387. The molecule has 1 aliphatic heterocycles. The molecule has 1 aliphatic rings. The second-order valence-electron chi connectivity index (χ2n) is 3.18. The number of amides is 2. The van der Waals surface area contributed by atoms with E-state index >= 15 is 0 Å². The van der Waals surface area contributed by atoms with E-state index < -0.39 is 33.0 Å². The number of imide groups is 1. The van der Waals surface area contributed by atoms with Crippen molar-refractivity contribution in [2.24, 2.45) is 0 Å². The molecule has 0 aromatic heterocycles. The maximum absolute atomic E-state index is 11.2. The molecule has 0 spiro atoms. The number of hydrogen-bond donors (Lipinski definition) is 1. The molecule has 86 valence electrons. The zero-order valence-electron chi connectivity index (χ0n) is 8.00. The number of nitrogens with zero attached hydrogens (tertiary/aromatic N) is 2. The molecule has 2 rings (SSSR count). The van der Waals surface area contributed by atoms with E-state index in [1.807, 2.05) is 5.32 Å². The topological polar surface area (TPSA) is 132 Å². The van der Waals surface area contributed by atoms with E-state index in [9.17, 15) is 29.8 Å². The summed E-state index contributed by atoms with van der Waals surface area (Å²) in [5.74, 6) is -1.61. The summed E-state index contributed by atoms with van der Waals surface area (Å²) in [5, 5.41) is 23.1. The molecular weight excluding hydrogens is 234 g/mol. The maximum Gasteiger partial charge on any atom is 0.346 e. The number of nitrogens with one attached hydrogen (secondary N) is 1. The van der Waals surface area contributed by atoms with Crippen molar-refractivity contribution in [1.29, 1.82) is 0 Å². The van der Waals surface area contributed by atoms with Gasteiger partial charge in [-0.25, -0.2) is 0 Å². The molecule has 1 aromatic carbocycles. The SMILES string of the molecule is O=C1NC(=O)c2cc([N+](=O)[O-])c([N+](=O)[O-])cc21. The van der Waals surface area contributed by atoms with Crippen molar-refractivity contribution in [3.8, 4) is 0 Å². The summed E-state index contributed by atoms with van der Waals surface area (Å²) >= 11 is 0. The van der Waals surface area contributed by atoms with Crippen LogP contribution in [-0.4, -0.2) is 21.7 Å². The fraction of sp³-hybridized carbons (Fsp3) is 0. The summed E-state index contributed by atoms with van der Waals surface area (Å²) in [7, 11) is 0. The van der Waals surface area contributed by atoms with E-state index in [-0.39, 0.29) is 11.1 Å². The van der Waals surface area contributed by atoms with E-state index in [2.05, 4.69) is 0 Å². The molecule has 0 aliphatic carbocycles. The van der Waals surface area contributed by atoms with Crippen LogP contribution in [0.25, 0.3) is 0 Å². The van der Waals surface area contributed by atoms with Gasteiger partial charge in [0.25, 0.3) is 11.8 Å². The van der Waals surface area contributed by atoms with E-state index in [0.717, 1.165) is 12.1 Å². The van der Waals surface area contributed by atoms with Crippen LogP contribution >= 0.6 is 0 Å². The van der Waals surface area contributed by atoms with Crippen molar-refractivity contribution in [3.05, 3.63) is 43.5 Å². The largest absolute Gasteiger partial charge is 0.346 e. The molecule has 0 saturated carbocycles. The molecular formula is C8H3N3O6. The smallest absolute Gasteiger partial charge is 0.288 e. The quantitative estimate of drug-likeness (QED) is 0.449. The van der Waals surface area contributed by atoms with Gasteiger partial charge in [0, 0.05) is 12.1 Å². The normalized spacial score (nSPS) is 13.2. The lowest BCUT2D eigenvalue weighted by Crippen LogP contribution is -2.19. The van der Waals surface area contributed by atoms with Crippen molar-refractivity contribution in [1.82, 2.24) is 5.32 Å². The number of hydrogen-bond acceptors (Lipinski definition) is 6. The Balaban J connectivity index is 2.76. The highest BCUT2D eigenvalue weighted by Gasteiger charge is 2.35. The third-order valence-corrected chi connectivity index (χ3v) is 2.22. The first-order valence-electron chi connectivity index (χ1n) is 4.24. The van der Waals surface area contributed by atoms with Gasteiger partial charge < -0.3 is 0 Å². The monoisotopic (exact) mass is 237 g/mol. The first-order valence-corrected chi connectivity index (χ1v) is 4.24. The van der Waals surface area contributed by atoms with Gasteiger partial charge in [-0.2, -0.15) is 0 Å². The van der Waals surface area contributed by atoms with Gasteiger partial charge >= 0.3 is 11.4 Å². The van der Waals surface area contributed by atoms with Gasteiger partial charge in [0.05, 0.1) is 21.0 Å². The first kappa shape index (κ1) is 10.7. The number of fused-ring (bicyclic) bond motifs is 1. The molecule has 1 N–H and O–H groups in total. The van der Waals surface area contributed by atoms with Gasteiger partial charge in [-0.15, -0.1) is 0 Å². The standard InChI is InChI=1S/C8H3N3O6/c12-7-3-1-5(10(14)15)6(11(16)17)2-4(3)8(13)9-7/h1-2H,(H,9,12,13). The summed E-state index contributed by atoms with van der Waals surface area (Å²) < 4.78 is 0. The Kier molecular flexibility index (Phi) is 2.09. The fourth-order valence-corrected chi connectivity index (χ4v) is 1.48. The Bertz CT molecular complexity index is 542. The third-order valence-electron chi connectivity index (χ3n) is 2.22. The number of carbonyl (C=O) groups is 2. The van der Waals surface area contributed by atoms with Gasteiger partial charge in [0.15, 0.2) is 0 Å². The second kappa shape index (κ2) is 3.33. The minimum absolute atomic E-state index is 0.229. The maximum atomic E-state index is 11.2. The van der Waals surface area contributed by atoms with Crippen LogP contribution in [0.2, 0.25) is 0 Å². The lowest BCUT2D eigenvalue weighted by molar-refractivity contribution is -0.422. The molecule has 1 aromatic rings. The van der Waals surface area contributed by atoms with Crippen LogP contribution in [0.15, 0.2) is 12.1 Å². The number of nitro groups is 2. The number of benzene rings is 1. The second-order valence-corrected chi connectivity index (χ2v) is 3.18. The number of nitro benzene ring substituents is 2. The molecule has 0 bridgehead atoms. The van der Waals surface area contributed by atoms with Crippen LogP contribution in [-0.2, 0) is 0 Å². The Morgan fingerprint density at radius 3 is 1.53 bits per heavy atom. The number of carbonyl (C=O) groups excluding carboxylic acids is 2. The van der Waals surface area contributed by atoms with Gasteiger partial charge in [-0.05, 0) is 0 Å². The van der Waals surface area contributed by atoms with Gasteiger partial charge in [-0.3, -0.25) is 35.1 Å². The van der Waals surface area contributed by atoms with Crippen LogP contribution in [0.3, 0.4) is 0 Å². The highest BCUT2D eigenvalue weighted by molar-refractivity contribution is 6.22. The molecule has 0 radical (unpaired) electrons. The highest BCUT2D eigenvalue weighted by Crippen LogP contribution is 2.31. The Morgan fingerprint density at radius 1 is 0.882 bits per heavy atom. The third kappa shape index (κ3) is 1.49. The number of rotatable bonds is 2. The molecule has 0 saturated heterocycles. The van der Waals surface area contributed by atoms with Crippen molar-refractivity contribution in [2.45, 2.75) is 0 Å². The van der Waals surface area contributed by atoms with Crippen molar-refractivity contribution < 1.29 is 19.4 Å². The van der Waals surface area contributed by atoms with Crippen molar-refractivity contribution in [2.75, 3.05) is 0 Å². The minimum atomic E-state index is -0.978. The minimum Gasteiger partial charge on any atom is -0.288 e. The van der Waals surface area contributed by atoms with E-state index in [0.29, 0.717) is 0 Å². The molecule has 9 heteroatoms. The molecule has 0 atom stereocenters. The van der Waals surface area contributed by atoms with Crippen LogP contribution in [0.4, 0.5) is 11.4 Å². The summed E-state index contributed by atoms with van der Waals surface area (Å²) in [6.45, 7) is 0. The Morgan fingerprint density at radius 2 is 1.24 bits per heavy atom. The van der Waals surface area contributed by atoms with Gasteiger partial charge in [-0.1, -0.05) is 0 Å². The zero-order chi connectivity index (χ0) is 12.7. The summed E-state index contributed by atoms with van der Waals surface area (Å²) in [6.07, 6.45) is 0. The van der Waals surface area contributed by atoms with Crippen molar-refractivity contribution in [3.63, 3.8) is 0 Å². The molecule has 0 unspecified atom stereocenters. The van der Waals surface area contributed by atoms with E-state index in [1.165, 1.54) is 0 Å². The highest BCUT2D eigenvalue weighted by atomic mass is 16.6. The average molecular weight is 237 g/mol. The first-order chi connectivity index (χ1) is 7.91. The summed E-state index contributed by atoms with van der Waals surface area (Å²) in [4.78, 5) is 41.7. The lowest BCUT2D eigenvalue weighted by atomic mass is 10.1. The van der Waals surface area contributed by atoms with Crippen LogP contribution in [0.1, 0.15) is 20.7 Å². The predicted molar refractivity (Wildman–Crippen MR) is 51.5 cm³/mol. The van der Waals surface area contributed by atoms with E-state index in [4.69, 9.17) is 0 Å². The van der Waals surface area contributed by atoms with Crippen LogP contribution < -0.4 is 5.32 Å². The van der Waals surface area contributed by atoms with Crippen LogP contribution in [0, 0.1) is 20.2 Å². The molecule has 17 heavy (non-hydrogen) atoms. The lowest BCUT2D eigenvalue weighted by Gasteiger charge is -1.97. The van der Waals surface area contributed by atoms with Gasteiger partial charge in [0.2, 0.25) is 0 Å². The summed E-state index contributed by atoms with van der Waals surface area (Å²) in [6, 6.07) is 1.46. The van der Waals surface area contributed by atoms with Gasteiger partial charge in [0.1, 0.15) is 0 Å². The molecule has 1 heterocycles. The summed E-state index contributed by atoms with van der Waals surface area (Å²) in [5.41, 5.74) is -2.10. The van der Waals surface area contributed by atoms with Crippen LogP contribution in [0.5, 0.6) is 0 Å². The average Bonchev–Trinajstić information content (AvgIpc) is 2.52. The molecule has 9 nitrogen and oxygen atoms in total. The van der Waals surface area contributed by atoms with Crippen molar-refractivity contribution >= 4 is 23.2 Å².